The number of piperidine rings is 4. The monoisotopic (exact) mass is 1530 g/mol. The van der Waals surface area contributed by atoms with Crippen molar-refractivity contribution in [2.75, 3.05) is 110 Å². The maximum Gasteiger partial charge on any atom is 0.407 e. The first kappa shape index (κ1) is 81.0. The Morgan fingerprint density at radius 1 is 0.529 bits per heavy atom. The zero-order valence-electron chi connectivity index (χ0n) is 58.8. The molecule has 6 N–H and O–H groups in total. The summed E-state index contributed by atoms with van der Waals surface area (Å²) in [5.74, 6) is 1.16. The Morgan fingerprint density at radius 2 is 0.990 bits per heavy atom. The number of ether oxygens (including phenoxy) is 3. The van der Waals surface area contributed by atoms with E-state index in [9.17, 15) is 36.0 Å². The molecular formula is C69H100Cl4N16O11S2. The largest absolute Gasteiger partial charge is 0.444 e. The number of nitrogens with one attached hydrogen (secondary N) is 6. The second-order valence-electron chi connectivity index (χ2n) is 28.0. The summed E-state index contributed by atoms with van der Waals surface area (Å²) in [4.78, 5) is 68.5. The quantitative estimate of drug-likeness (QED) is 0.0620. The summed E-state index contributed by atoms with van der Waals surface area (Å²) in [5.41, 5.74) is 2.31. The summed E-state index contributed by atoms with van der Waals surface area (Å²) in [5, 5.41) is 23.1. The predicted molar refractivity (Wildman–Crippen MR) is 402 cm³/mol. The smallest absolute Gasteiger partial charge is 0.407 e. The number of hydrogen-bond acceptors (Lipinski definition) is 19. The van der Waals surface area contributed by atoms with Gasteiger partial charge in [0, 0.05) is 98.9 Å². The molecule has 0 radical (unpaired) electrons. The lowest BCUT2D eigenvalue weighted by Gasteiger charge is -2.36. The molecule has 11 heterocycles. The molecule has 4 aromatic heterocycles. The van der Waals surface area contributed by atoms with E-state index in [0.29, 0.717) is 71.2 Å². The Kier molecular flexibility index (Phi) is 28.8. The van der Waals surface area contributed by atoms with E-state index in [-0.39, 0.29) is 77.2 Å². The molecule has 0 bridgehead atoms. The molecule has 0 unspecified atom stereocenters. The van der Waals surface area contributed by atoms with Gasteiger partial charge in [0.1, 0.15) is 33.1 Å². The van der Waals surface area contributed by atoms with Gasteiger partial charge in [-0.05, 0) is 194 Å². The number of amides is 4. The summed E-state index contributed by atoms with van der Waals surface area (Å²) in [6.07, 6.45) is 14.8. The van der Waals surface area contributed by atoms with Gasteiger partial charge >= 0.3 is 12.2 Å². The Labute approximate surface area is 619 Å². The van der Waals surface area contributed by atoms with Crippen molar-refractivity contribution in [1.29, 1.82) is 0 Å². The number of sulfonamides is 2. The highest BCUT2D eigenvalue weighted by atomic mass is 35.5. The van der Waals surface area contributed by atoms with Gasteiger partial charge in [0.2, 0.25) is 20.0 Å². The fourth-order valence-electron chi connectivity index (χ4n) is 12.2. The van der Waals surface area contributed by atoms with Crippen LogP contribution >= 0.6 is 46.4 Å². The van der Waals surface area contributed by atoms with Gasteiger partial charge in [0.05, 0.1) is 58.5 Å². The topological polar surface area (TPSA) is 310 Å². The molecule has 0 aliphatic carbocycles. The van der Waals surface area contributed by atoms with Crippen LogP contribution in [0.2, 0.25) is 20.4 Å². The molecule has 27 nitrogen and oxygen atoms in total. The average molecular weight is 1540 g/mol. The minimum Gasteiger partial charge on any atom is -0.444 e. The molecule has 0 saturated carbocycles. The van der Waals surface area contributed by atoms with E-state index in [1.165, 1.54) is 73.3 Å². The summed E-state index contributed by atoms with van der Waals surface area (Å²) in [6, 6.07) is 16.0. The van der Waals surface area contributed by atoms with Crippen LogP contribution in [0.3, 0.4) is 0 Å². The van der Waals surface area contributed by atoms with E-state index in [0.717, 1.165) is 127 Å². The van der Waals surface area contributed by atoms with E-state index >= 15 is 0 Å². The fourth-order valence-corrected chi connectivity index (χ4v) is 14.2. The number of halogens is 4. The number of nitrogens with zero attached hydrogens (tertiary/aromatic N) is 10. The van der Waals surface area contributed by atoms with Crippen LogP contribution in [-0.2, 0) is 34.3 Å². The third kappa shape index (κ3) is 23.9. The molecular weight excluding hydrogens is 1430 g/mol. The summed E-state index contributed by atoms with van der Waals surface area (Å²) >= 11 is 24.6. The van der Waals surface area contributed by atoms with Crippen LogP contribution in [0.4, 0.5) is 32.6 Å². The van der Waals surface area contributed by atoms with Crippen molar-refractivity contribution in [1.82, 2.24) is 60.3 Å². The summed E-state index contributed by atoms with van der Waals surface area (Å²) in [7, 11) is -7.21. The number of carbonyl (C=O) groups excluding carboxylic acids is 4. The van der Waals surface area contributed by atoms with Crippen LogP contribution in [0.25, 0.3) is 11.3 Å². The van der Waals surface area contributed by atoms with E-state index in [2.05, 4.69) is 56.7 Å². The number of carbonyl (C=O) groups is 4. The predicted octanol–water partition coefficient (Wildman–Crippen LogP) is 11.9. The number of fused-ring (bicyclic) bond motifs is 2. The number of rotatable bonds is 12. The Bertz CT molecular complexity index is 4060. The molecule has 2 atom stereocenters. The van der Waals surface area contributed by atoms with Gasteiger partial charge in [-0.25, -0.2) is 40.9 Å². The van der Waals surface area contributed by atoms with Gasteiger partial charge in [0.25, 0.3) is 11.8 Å². The second kappa shape index (κ2) is 36.3. The van der Waals surface area contributed by atoms with Gasteiger partial charge in [-0.3, -0.25) is 19.0 Å². The maximum absolute atomic E-state index is 14.1. The molecule has 7 fully saturated rings. The van der Waals surface area contributed by atoms with E-state index in [4.69, 9.17) is 70.7 Å². The molecule has 33 heteroatoms. The lowest BCUT2D eigenvalue weighted by atomic mass is 9.98. The fraction of sp³-hybridized carbons (Fsp3) is 0.594. The number of alkyl carbamates (subject to hydrolysis) is 2. The third-order valence-electron chi connectivity index (χ3n) is 17.3. The second-order valence-corrected chi connectivity index (χ2v) is 33.2. The Morgan fingerprint density at radius 3 is 1.41 bits per heavy atom. The van der Waals surface area contributed by atoms with Gasteiger partial charge in [-0.15, -0.1) is 0 Å². The van der Waals surface area contributed by atoms with Gasteiger partial charge in [0.15, 0.2) is 11.3 Å². The third-order valence-corrected chi connectivity index (χ3v) is 19.4. The molecule has 13 rings (SSSR count). The van der Waals surface area contributed by atoms with Crippen LogP contribution < -0.4 is 40.5 Å². The minimum absolute atomic E-state index is 0. The molecule has 562 valence electrons. The summed E-state index contributed by atoms with van der Waals surface area (Å²) in [6.45, 7) is 21.9. The molecule has 7 aliphatic heterocycles. The molecule has 2 aromatic carbocycles. The SMILES string of the molecule is C.C1CCOC1.C1CNC1.CC(C)(C)OC(=O)NC1CCN(c2cc(N3CCC3)nc3cc([C@@H]4CCCCN4C(=O)c4cc(Cl)ccc4NS(C)(=O)=O)nn23)CC1.CC(C)(C)OC(=O)NC1CCNCC1.CS(=O)(=O)Nc1ccc(Cl)cc1C(=O)N1CCCC[C@H]1c1cc2nc(Cl)cc(Cl)n2n1. The molecule has 6 aromatic rings. The van der Waals surface area contributed by atoms with E-state index in [1.54, 1.807) is 21.9 Å². The standard InChI is InChI=1S/C32H43ClN8O5S.C19H18Cl3N5O3S.C10H20N2O2.C4H8O.C3H7N.CH4/c1-32(2,3)46-31(43)34-22-11-16-39(17-12-22)29-20-27(38-13-7-14-38)35-28-19-25(36-41(28)29)26-8-5-6-15-40(26)30(42)23-18-21(33)9-10-24(23)37-47(4,44)45;1-31(29,30)25-13-6-5-11(20)8-12(13)19(28)26-7-3-2-4-15(26)14-9-18-23-16(21)10-17(22)27(18)24-14;1-10(2,3)14-9(13)12-8-4-6-11-7-5-8;1-2-4-5-3-1;1-2-4-3-1;/h9-10,18-20,22,26,37H,5-8,11-17H2,1-4H3,(H,34,43);5-6,8-10,15,25H,2-4,7H2,1H3;8,11H,4-7H2,1-3H3,(H,12,13);1-4H2;4H,1-3H2;1H4/t26-;15-;;;;/m00..../s1. The average Bonchev–Trinajstić information content (AvgIpc) is 1.59. The first-order valence-corrected chi connectivity index (χ1v) is 39.9. The maximum atomic E-state index is 14.1. The number of benzene rings is 2. The molecule has 7 aliphatic rings. The summed E-state index contributed by atoms with van der Waals surface area (Å²) < 4.78 is 71.5. The van der Waals surface area contributed by atoms with E-state index in [1.807, 2.05) is 52.1 Å². The van der Waals surface area contributed by atoms with Crippen LogP contribution in [0.1, 0.15) is 183 Å². The molecule has 7 saturated heterocycles. The van der Waals surface area contributed by atoms with Crippen LogP contribution in [0.15, 0.2) is 60.7 Å². The lowest BCUT2D eigenvalue weighted by molar-refractivity contribution is 0.0484. The first-order chi connectivity index (χ1) is 47.8. The van der Waals surface area contributed by atoms with Crippen molar-refractivity contribution in [2.45, 2.75) is 174 Å². The minimum atomic E-state index is -3.62. The normalized spacial score (nSPS) is 18.9. The molecule has 0 spiro atoms. The zero-order valence-corrected chi connectivity index (χ0v) is 63.4. The Balaban J connectivity index is 0.000000203. The lowest BCUT2D eigenvalue weighted by Crippen LogP contribution is -2.46. The highest BCUT2D eigenvalue weighted by molar-refractivity contribution is 7.92. The van der Waals surface area contributed by atoms with Crippen molar-refractivity contribution in [3.05, 3.63) is 104 Å². The van der Waals surface area contributed by atoms with Crippen molar-refractivity contribution in [3.8, 4) is 0 Å². The highest BCUT2D eigenvalue weighted by Crippen LogP contribution is 2.38. The van der Waals surface area contributed by atoms with Crippen LogP contribution in [-0.4, -0.2) is 194 Å². The number of anilines is 4. The van der Waals surface area contributed by atoms with Gasteiger partial charge < -0.3 is 55.1 Å². The number of aromatic nitrogens is 6. The Hall–Kier alpha value is -6.70. The van der Waals surface area contributed by atoms with Crippen molar-refractivity contribution >= 4 is 125 Å². The number of hydrogen-bond donors (Lipinski definition) is 6. The zero-order chi connectivity index (χ0) is 72.8. The van der Waals surface area contributed by atoms with Gasteiger partial charge in [-0.1, -0.05) is 53.8 Å². The highest BCUT2D eigenvalue weighted by Gasteiger charge is 2.36. The van der Waals surface area contributed by atoms with Gasteiger partial charge in [-0.2, -0.15) is 14.7 Å². The van der Waals surface area contributed by atoms with Crippen molar-refractivity contribution < 1.29 is 50.2 Å². The molecule has 4 amide bonds. The van der Waals surface area contributed by atoms with Crippen LogP contribution in [0.5, 0.6) is 0 Å². The van der Waals surface area contributed by atoms with Crippen LogP contribution in [0, 0.1) is 0 Å². The first-order valence-electron chi connectivity index (χ1n) is 34.6. The molecule has 102 heavy (non-hydrogen) atoms. The number of likely N-dealkylation sites (tertiary alicyclic amines) is 2. The van der Waals surface area contributed by atoms with Crippen molar-refractivity contribution in [3.63, 3.8) is 0 Å². The van der Waals surface area contributed by atoms with E-state index < -0.39 is 37.3 Å². The van der Waals surface area contributed by atoms with Crippen molar-refractivity contribution in [2.24, 2.45) is 0 Å².